The van der Waals surface area contributed by atoms with Crippen molar-refractivity contribution in [2.24, 2.45) is 0 Å². The van der Waals surface area contributed by atoms with Crippen LogP contribution in [0, 0.1) is 11.8 Å². The van der Waals surface area contributed by atoms with E-state index >= 15 is 0 Å². The average molecular weight is 413 g/mol. The summed E-state index contributed by atoms with van der Waals surface area (Å²) in [6.07, 6.45) is 10.1. The molecule has 7 heteroatoms. The van der Waals surface area contributed by atoms with Gasteiger partial charge in [0.25, 0.3) is 0 Å². The van der Waals surface area contributed by atoms with E-state index in [0.29, 0.717) is 17.2 Å². The van der Waals surface area contributed by atoms with Crippen molar-refractivity contribution >= 4 is 0 Å². The Balaban J connectivity index is 1.50. The third kappa shape index (κ3) is 4.35. The predicted molar refractivity (Wildman–Crippen MR) is 120 cm³/mol. The molecular formula is C25H15N7. The van der Waals surface area contributed by atoms with Crippen molar-refractivity contribution in [1.29, 1.82) is 0 Å². The summed E-state index contributed by atoms with van der Waals surface area (Å²) in [7, 11) is 0. The van der Waals surface area contributed by atoms with Gasteiger partial charge in [-0.3, -0.25) is 9.97 Å². The van der Waals surface area contributed by atoms with Gasteiger partial charge in [-0.1, -0.05) is 24.0 Å². The predicted octanol–water partition coefficient (Wildman–Crippen LogP) is 3.85. The van der Waals surface area contributed by atoms with Gasteiger partial charge in [-0.05, 0) is 42.5 Å². The lowest BCUT2D eigenvalue weighted by Gasteiger charge is -2.05. The molecule has 7 nitrogen and oxygen atoms in total. The Morgan fingerprint density at radius 3 is 1.56 bits per heavy atom. The first kappa shape index (κ1) is 19.2. The van der Waals surface area contributed by atoms with E-state index in [4.69, 9.17) is 4.98 Å². The maximum atomic E-state index is 4.74. The van der Waals surface area contributed by atoms with E-state index in [1.165, 1.54) is 0 Å². The van der Waals surface area contributed by atoms with Crippen LogP contribution >= 0.6 is 0 Å². The largest absolute Gasteiger partial charge is 0.255 e. The zero-order chi connectivity index (χ0) is 21.6. The van der Waals surface area contributed by atoms with Crippen LogP contribution in [-0.2, 0) is 0 Å². The summed E-state index contributed by atoms with van der Waals surface area (Å²) in [5.41, 5.74) is 4.46. The van der Waals surface area contributed by atoms with E-state index in [-0.39, 0.29) is 0 Å². The molecule has 0 aromatic carbocycles. The lowest BCUT2D eigenvalue weighted by atomic mass is 10.1. The van der Waals surface area contributed by atoms with Crippen LogP contribution in [0.3, 0.4) is 0 Å². The van der Waals surface area contributed by atoms with Crippen LogP contribution in [0.25, 0.3) is 34.4 Å². The minimum atomic E-state index is 0.454. The molecule has 0 saturated carbocycles. The molecule has 5 heterocycles. The molecule has 32 heavy (non-hydrogen) atoms. The number of hydrogen-bond acceptors (Lipinski definition) is 7. The van der Waals surface area contributed by atoms with Crippen LogP contribution in [0.4, 0.5) is 0 Å². The van der Waals surface area contributed by atoms with Crippen molar-refractivity contribution in [3.05, 3.63) is 103 Å². The first-order valence-corrected chi connectivity index (χ1v) is 9.81. The monoisotopic (exact) mass is 413 g/mol. The molecule has 0 atom stereocenters. The van der Waals surface area contributed by atoms with Crippen LogP contribution in [0.2, 0.25) is 0 Å². The molecule has 0 saturated heterocycles. The molecule has 0 N–H and O–H groups in total. The highest BCUT2D eigenvalue weighted by molar-refractivity contribution is 5.65. The Morgan fingerprint density at radius 2 is 1.00 bits per heavy atom. The van der Waals surface area contributed by atoms with Gasteiger partial charge in [-0.25, -0.2) is 24.9 Å². The number of hydrogen-bond donors (Lipinski definition) is 0. The lowest BCUT2D eigenvalue weighted by Crippen LogP contribution is -1.95. The molecule has 0 aliphatic heterocycles. The molecule has 0 bridgehead atoms. The third-order valence-corrected chi connectivity index (χ3v) is 4.45. The summed E-state index contributed by atoms with van der Waals surface area (Å²) < 4.78 is 0. The van der Waals surface area contributed by atoms with Gasteiger partial charge < -0.3 is 0 Å². The minimum Gasteiger partial charge on any atom is -0.255 e. The minimum absolute atomic E-state index is 0.454. The highest BCUT2D eigenvalue weighted by Gasteiger charge is 2.08. The maximum Gasteiger partial charge on any atom is 0.197 e. The first-order chi connectivity index (χ1) is 15.8. The fourth-order valence-electron chi connectivity index (χ4n) is 2.96. The van der Waals surface area contributed by atoms with Crippen LogP contribution in [0.5, 0.6) is 0 Å². The Morgan fingerprint density at radius 1 is 0.469 bits per heavy atom. The van der Waals surface area contributed by atoms with E-state index < -0.39 is 0 Å². The van der Waals surface area contributed by atoms with Gasteiger partial charge in [0.1, 0.15) is 0 Å². The fourth-order valence-corrected chi connectivity index (χ4v) is 2.96. The van der Waals surface area contributed by atoms with Crippen LogP contribution in [0.15, 0.2) is 91.8 Å². The standard InChI is InChI=1S/C25H15N7/c1-3-10-26-20(6-1)22-14-18(15-23(32-22)21-7-2-4-11-27-21)8-9-19-16-30-25(31-17-19)24-28-12-5-13-29-24/h1-7,10-17H. The molecule has 5 rings (SSSR count). The van der Waals surface area contributed by atoms with Crippen molar-refractivity contribution in [3.8, 4) is 46.3 Å². The quantitative estimate of drug-likeness (QED) is 0.415. The maximum absolute atomic E-state index is 4.74. The van der Waals surface area contributed by atoms with E-state index in [1.54, 1.807) is 43.2 Å². The van der Waals surface area contributed by atoms with Crippen molar-refractivity contribution in [2.45, 2.75) is 0 Å². The summed E-state index contributed by atoms with van der Waals surface area (Å²) in [4.78, 5) is 30.5. The van der Waals surface area contributed by atoms with Gasteiger partial charge in [0.05, 0.1) is 28.3 Å². The SMILES string of the molecule is C(#Cc1cc(-c2ccccn2)nc(-c2ccccn2)c1)c1cnc(-c2ncccn2)nc1. The smallest absolute Gasteiger partial charge is 0.197 e. The molecule has 0 unspecified atom stereocenters. The summed E-state index contributed by atoms with van der Waals surface area (Å²) in [5, 5.41) is 0. The molecule has 150 valence electrons. The van der Waals surface area contributed by atoms with E-state index in [1.807, 2.05) is 48.5 Å². The highest BCUT2D eigenvalue weighted by atomic mass is 15.0. The number of nitrogens with zero attached hydrogens (tertiary/aromatic N) is 7. The molecule has 0 spiro atoms. The lowest BCUT2D eigenvalue weighted by molar-refractivity contribution is 1.07. The second-order valence-corrected chi connectivity index (χ2v) is 6.67. The summed E-state index contributed by atoms with van der Waals surface area (Å²) in [5.74, 6) is 7.22. The third-order valence-electron chi connectivity index (χ3n) is 4.45. The molecule has 0 fully saturated rings. The molecule has 0 radical (unpaired) electrons. The second kappa shape index (κ2) is 8.90. The van der Waals surface area contributed by atoms with Gasteiger partial charge in [0.15, 0.2) is 11.6 Å². The van der Waals surface area contributed by atoms with Crippen molar-refractivity contribution in [1.82, 2.24) is 34.9 Å². The van der Waals surface area contributed by atoms with E-state index in [2.05, 4.69) is 41.7 Å². The topological polar surface area (TPSA) is 90.2 Å². The van der Waals surface area contributed by atoms with Gasteiger partial charge in [-0.15, -0.1) is 0 Å². The van der Waals surface area contributed by atoms with Crippen LogP contribution in [0.1, 0.15) is 11.1 Å². The van der Waals surface area contributed by atoms with E-state index in [9.17, 15) is 0 Å². The summed E-state index contributed by atoms with van der Waals surface area (Å²) in [6.45, 7) is 0. The Kier molecular flexibility index (Phi) is 5.32. The normalized spacial score (nSPS) is 10.2. The molecular weight excluding hydrogens is 398 g/mol. The zero-order valence-electron chi connectivity index (χ0n) is 16.8. The van der Waals surface area contributed by atoms with Gasteiger partial charge in [-0.2, -0.15) is 0 Å². The first-order valence-electron chi connectivity index (χ1n) is 9.81. The molecule has 0 aliphatic carbocycles. The van der Waals surface area contributed by atoms with Crippen molar-refractivity contribution < 1.29 is 0 Å². The Labute approximate surface area is 184 Å². The zero-order valence-corrected chi connectivity index (χ0v) is 16.8. The van der Waals surface area contributed by atoms with Crippen molar-refractivity contribution in [3.63, 3.8) is 0 Å². The van der Waals surface area contributed by atoms with Gasteiger partial charge in [0.2, 0.25) is 0 Å². The Bertz CT molecular complexity index is 1340. The fraction of sp³-hybridized carbons (Fsp3) is 0. The molecule has 0 amide bonds. The Hall–Kier alpha value is -4.83. The molecule has 0 aliphatic rings. The number of rotatable bonds is 3. The molecule has 5 aromatic rings. The summed E-state index contributed by atoms with van der Waals surface area (Å²) in [6, 6.07) is 17.0. The average Bonchev–Trinajstić information content (AvgIpc) is 2.89. The van der Waals surface area contributed by atoms with E-state index in [0.717, 1.165) is 28.3 Å². The van der Waals surface area contributed by atoms with Gasteiger partial charge in [0, 0.05) is 42.7 Å². The van der Waals surface area contributed by atoms with Gasteiger partial charge >= 0.3 is 0 Å². The number of pyridine rings is 3. The highest BCUT2D eigenvalue weighted by Crippen LogP contribution is 2.22. The van der Waals surface area contributed by atoms with Crippen LogP contribution < -0.4 is 0 Å². The van der Waals surface area contributed by atoms with Crippen LogP contribution in [-0.4, -0.2) is 34.9 Å². The van der Waals surface area contributed by atoms with Crippen molar-refractivity contribution in [2.75, 3.05) is 0 Å². The molecule has 5 aromatic heterocycles. The number of aromatic nitrogens is 7. The summed E-state index contributed by atoms with van der Waals surface area (Å²) >= 11 is 0. The second-order valence-electron chi connectivity index (χ2n) is 6.67.